The van der Waals surface area contributed by atoms with E-state index in [1.807, 2.05) is 6.20 Å². The molecule has 1 aromatic carbocycles. The largest absolute Gasteiger partial charge is 0.348 e. The van der Waals surface area contributed by atoms with Crippen LogP contribution in [-0.2, 0) is 15.3 Å². The Morgan fingerprint density at radius 1 is 0.852 bits per heavy atom. The Labute approximate surface area is 165 Å². The molecule has 0 amide bonds. The van der Waals surface area contributed by atoms with E-state index in [9.17, 15) is 0 Å². The van der Waals surface area contributed by atoms with Gasteiger partial charge in [0.25, 0.3) is 0 Å². The van der Waals surface area contributed by atoms with Crippen LogP contribution in [0, 0.1) is 5.92 Å². The fraction of sp³-hybridized carbons (Fsp3) is 0.625. The average molecular weight is 372 g/mol. The number of aromatic nitrogens is 1. The van der Waals surface area contributed by atoms with Gasteiger partial charge in [0.05, 0.1) is 0 Å². The number of hydrogen-bond acceptors (Lipinski definition) is 3. The summed E-state index contributed by atoms with van der Waals surface area (Å²) in [5.74, 6) is -0.498. The Balaban J connectivity index is 2.26. The molecule has 0 radical (unpaired) electrons. The topological polar surface area (TPSA) is 31.4 Å². The van der Waals surface area contributed by atoms with Gasteiger partial charge < -0.3 is 9.47 Å². The van der Waals surface area contributed by atoms with Gasteiger partial charge >= 0.3 is 0 Å². The molecule has 0 spiro atoms. The van der Waals surface area contributed by atoms with Gasteiger partial charge in [-0.25, -0.2) is 0 Å². The summed E-state index contributed by atoms with van der Waals surface area (Å²) in [6, 6.07) is 10.4. The molecule has 2 aromatic rings. The van der Waals surface area contributed by atoms with Crippen molar-refractivity contribution in [2.75, 3.05) is 14.2 Å². The fourth-order valence-electron chi connectivity index (χ4n) is 4.24. The normalized spacial score (nSPS) is 13.2. The maximum atomic E-state index is 6.11. The van der Waals surface area contributed by atoms with Crippen LogP contribution in [0.25, 0.3) is 10.8 Å². The Kier molecular flexibility index (Phi) is 9.23. The van der Waals surface area contributed by atoms with Gasteiger partial charge in [-0.15, -0.1) is 0 Å². The lowest BCUT2D eigenvalue weighted by Crippen LogP contribution is -2.40. The van der Waals surface area contributed by atoms with Crippen LogP contribution in [0.5, 0.6) is 0 Å². The molecule has 0 aliphatic carbocycles. The van der Waals surface area contributed by atoms with Crippen molar-refractivity contribution in [3.63, 3.8) is 0 Å². The van der Waals surface area contributed by atoms with E-state index in [4.69, 9.17) is 14.5 Å². The van der Waals surface area contributed by atoms with E-state index in [1.54, 1.807) is 14.2 Å². The molecular weight excluding hydrogens is 334 g/mol. The highest BCUT2D eigenvalue weighted by molar-refractivity contribution is 5.84. The molecule has 1 heterocycles. The first-order chi connectivity index (χ1) is 13.2. The van der Waals surface area contributed by atoms with Crippen molar-refractivity contribution < 1.29 is 9.47 Å². The Morgan fingerprint density at radius 2 is 1.56 bits per heavy atom. The standard InChI is InChI=1S/C24H37NO2/c1-5-7-8-9-10-11-16-21(14-6-2)24(26-3,27-4)23-22-17-13-12-15-20(22)18-19-25-23/h12-13,15,17-19,21H,5-11,14,16H2,1-4H3. The third-order valence-corrected chi connectivity index (χ3v) is 5.69. The molecule has 0 saturated carbocycles. The number of benzene rings is 1. The monoisotopic (exact) mass is 371 g/mol. The van der Waals surface area contributed by atoms with Crippen molar-refractivity contribution in [2.24, 2.45) is 5.92 Å². The number of rotatable bonds is 13. The average Bonchev–Trinajstić information content (AvgIpc) is 2.72. The van der Waals surface area contributed by atoms with Gasteiger partial charge in [0.2, 0.25) is 5.79 Å². The zero-order valence-corrected chi connectivity index (χ0v) is 17.7. The van der Waals surface area contributed by atoms with E-state index >= 15 is 0 Å². The van der Waals surface area contributed by atoms with Crippen LogP contribution in [0.3, 0.4) is 0 Å². The Morgan fingerprint density at radius 3 is 2.26 bits per heavy atom. The van der Waals surface area contributed by atoms with E-state index in [-0.39, 0.29) is 0 Å². The highest BCUT2D eigenvalue weighted by Crippen LogP contribution is 2.41. The van der Waals surface area contributed by atoms with Crippen LogP contribution < -0.4 is 0 Å². The smallest absolute Gasteiger partial charge is 0.215 e. The van der Waals surface area contributed by atoms with Crippen LogP contribution >= 0.6 is 0 Å². The molecule has 0 aliphatic rings. The molecule has 0 fully saturated rings. The van der Waals surface area contributed by atoms with Crippen molar-refractivity contribution in [3.05, 3.63) is 42.2 Å². The quantitative estimate of drug-likeness (QED) is 0.285. The lowest BCUT2D eigenvalue weighted by atomic mass is 9.84. The minimum absolute atomic E-state index is 0.294. The Bertz CT molecular complexity index is 661. The summed E-state index contributed by atoms with van der Waals surface area (Å²) in [7, 11) is 3.52. The summed E-state index contributed by atoms with van der Waals surface area (Å²) >= 11 is 0. The van der Waals surface area contributed by atoms with Crippen LogP contribution in [0.4, 0.5) is 0 Å². The summed E-state index contributed by atoms with van der Waals surface area (Å²) in [4.78, 5) is 4.74. The molecule has 0 bridgehead atoms. The molecule has 3 nitrogen and oxygen atoms in total. The highest BCUT2D eigenvalue weighted by atomic mass is 16.7. The zero-order chi connectivity index (χ0) is 19.5. The lowest BCUT2D eigenvalue weighted by molar-refractivity contribution is -0.254. The van der Waals surface area contributed by atoms with E-state index in [0.717, 1.165) is 30.3 Å². The minimum atomic E-state index is -0.791. The second-order valence-corrected chi connectivity index (χ2v) is 7.50. The molecular formula is C24H37NO2. The maximum Gasteiger partial charge on any atom is 0.215 e. The summed E-state index contributed by atoms with van der Waals surface area (Å²) in [5, 5.41) is 2.29. The molecule has 1 aromatic heterocycles. The van der Waals surface area contributed by atoms with Gasteiger partial charge in [0.1, 0.15) is 5.69 Å². The molecule has 0 aliphatic heterocycles. The molecule has 3 heteroatoms. The number of hydrogen-bond donors (Lipinski definition) is 0. The predicted octanol–water partition coefficient (Wildman–Crippen LogP) is 6.85. The van der Waals surface area contributed by atoms with Crippen molar-refractivity contribution in [3.8, 4) is 0 Å². The van der Waals surface area contributed by atoms with Crippen LogP contribution in [-0.4, -0.2) is 19.2 Å². The second kappa shape index (κ2) is 11.4. The van der Waals surface area contributed by atoms with Crippen LogP contribution in [0.1, 0.15) is 77.3 Å². The number of unbranched alkanes of at least 4 members (excludes halogenated alkanes) is 5. The van der Waals surface area contributed by atoms with Gasteiger partial charge in [-0.05, 0) is 24.3 Å². The molecule has 150 valence electrons. The zero-order valence-electron chi connectivity index (χ0n) is 17.7. The lowest BCUT2D eigenvalue weighted by Gasteiger charge is -2.38. The first-order valence-corrected chi connectivity index (χ1v) is 10.7. The van der Waals surface area contributed by atoms with Gasteiger partial charge in [0.15, 0.2) is 0 Å². The molecule has 27 heavy (non-hydrogen) atoms. The van der Waals surface area contributed by atoms with E-state index < -0.39 is 5.79 Å². The number of fused-ring (bicyclic) bond motifs is 1. The summed E-state index contributed by atoms with van der Waals surface area (Å²) in [6.45, 7) is 4.50. The molecule has 1 atom stereocenters. The van der Waals surface area contributed by atoms with Crippen molar-refractivity contribution >= 4 is 10.8 Å². The molecule has 1 unspecified atom stereocenters. The van der Waals surface area contributed by atoms with Gasteiger partial charge in [-0.1, -0.05) is 83.1 Å². The number of methoxy groups -OCH3 is 2. The second-order valence-electron chi connectivity index (χ2n) is 7.50. The number of nitrogens with zero attached hydrogens (tertiary/aromatic N) is 1. The third kappa shape index (κ3) is 5.30. The first kappa shape index (κ1) is 21.8. The maximum absolute atomic E-state index is 6.11. The molecule has 2 rings (SSSR count). The highest BCUT2D eigenvalue weighted by Gasteiger charge is 2.42. The summed E-state index contributed by atoms with van der Waals surface area (Å²) in [6.07, 6.45) is 13.0. The van der Waals surface area contributed by atoms with Crippen molar-refractivity contribution in [1.82, 2.24) is 4.98 Å². The van der Waals surface area contributed by atoms with Crippen LogP contribution in [0.15, 0.2) is 36.5 Å². The summed E-state index contributed by atoms with van der Waals surface area (Å²) in [5.41, 5.74) is 0.912. The van der Waals surface area contributed by atoms with E-state index in [1.165, 1.54) is 43.9 Å². The predicted molar refractivity (Wildman–Crippen MR) is 114 cm³/mol. The van der Waals surface area contributed by atoms with Crippen LogP contribution in [0.2, 0.25) is 0 Å². The van der Waals surface area contributed by atoms with Gasteiger partial charge in [-0.3, -0.25) is 4.98 Å². The van der Waals surface area contributed by atoms with Crippen molar-refractivity contribution in [1.29, 1.82) is 0 Å². The number of ether oxygens (including phenoxy) is 2. The third-order valence-electron chi connectivity index (χ3n) is 5.69. The Hall–Kier alpha value is -1.45. The van der Waals surface area contributed by atoms with E-state index in [2.05, 4.69) is 44.2 Å². The van der Waals surface area contributed by atoms with Gasteiger partial charge in [-0.2, -0.15) is 0 Å². The molecule has 0 saturated heterocycles. The van der Waals surface area contributed by atoms with Crippen molar-refractivity contribution in [2.45, 2.75) is 77.4 Å². The fourth-order valence-corrected chi connectivity index (χ4v) is 4.24. The first-order valence-electron chi connectivity index (χ1n) is 10.7. The number of pyridine rings is 1. The van der Waals surface area contributed by atoms with Gasteiger partial charge in [0, 0.05) is 31.7 Å². The minimum Gasteiger partial charge on any atom is -0.348 e. The molecule has 0 N–H and O–H groups in total. The SMILES string of the molecule is CCCCCCCCC(CCC)C(OC)(OC)c1nccc2ccccc12. The van der Waals surface area contributed by atoms with E-state index in [0.29, 0.717) is 5.92 Å². The summed E-state index contributed by atoms with van der Waals surface area (Å²) < 4.78 is 12.2.